The quantitative estimate of drug-likeness (QED) is 0.511. The molecular weight excluding hydrogens is 354 g/mol. The first-order chi connectivity index (χ1) is 7.83. The van der Waals surface area contributed by atoms with Gasteiger partial charge in [0, 0.05) is 0 Å². The third kappa shape index (κ3) is 4.25. The molecule has 0 aliphatic heterocycles. The van der Waals surface area contributed by atoms with E-state index in [9.17, 15) is 0 Å². The Kier molecular flexibility index (Phi) is 8.36. The van der Waals surface area contributed by atoms with Gasteiger partial charge in [-0.05, 0) is 19.3 Å². The Morgan fingerprint density at radius 3 is 2.42 bits per heavy atom. The van der Waals surface area contributed by atoms with Gasteiger partial charge >= 0.3 is 26.2 Å². The molecule has 0 nitrogen and oxygen atoms in total. The molecule has 0 heterocycles. The monoisotopic (exact) mass is 369 g/mol. The molecule has 19 heavy (non-hydrogen) atoms. The summed E-state index contributed by atoms with van der Waals surface area (Å²) in [5, 5.41) is 0. The van der Waals surface area contributed by atoms with Crippen LogP contribution in [-0.2, 0) is 26.2 Å². The van der Waals surface area contributed by atoms with Crippen LogP contribution in [0.5, 0.6) is 0 Å². The fourth-order valence-corrected chi connectivity index (χ4v) is 2.77. The minimum Gasteiger partial charge on any atom is -1.00 e. The average Bonchev–Trinajstić information content (AvgIpc) is 2.73. The van der Waals surface area contributed by atoms with Gasteiger partial charge in [-0.1, -0.05) is 47.7 Å². The fourth-order valence-electron chi connectivity index (χ4n) is 2.77. The van der Waals surface area contributed by atoms with E-state index < -0.39 is 0 Å². The summed E-state index contributed by atoms with van der Waals surface area (Å²) in [4.78, 5) is 0. The van der Waals surface area contributed by atoms with Crippen LogP contribution in [0.1, 0.15) is 29.9 Å². The van der Waals surface area contributed by atoms with E-state index in [1.807, 2.05) is 0 Å². The van der Waals surface area contributed by atoms with Crippen LogP contribution in [0.4, 0.5) is 0 Å². The summed E-state index contributed by atoms with van der Waals surface area (Å²) >= 11 is 0. The standard InChI is InChI=1S/C16H17.2ClH.Zr/c1-12-6-8-13(9-7-12)16-10-14-4-2-3-5-15(14)11-16;;;/h2-4,6-10,15-16H,5,11H2,1H3;2*1H;/q-1;;;+3/p-2. The first-order valence-electron chi connectivity index (χ1n) is 6.11. The van der Waals surface area contributed by atoms with Crippen LogP contribution in [0, 0.1) is 19.3 Å². The Labute approximate surface area is 147 Å². The number of fused-ring (bicyclic) bond motifs is 1. The largest absolute Gasteiger partial charge is 3.00 e. The number of allylic oxidation sites excluding steroid dienone is 4. The molecule has 2 aliphatic carbocycles. The molecular formula is C16H17Cl2Zr. The van der Waals surface area contributed by atoms with Gasteiger partial charge in [-0.3, -0.25) is 0 Å². The van der Waals surface area contributed by atoms with E-state index in [4.69, 9.17) is 0 Å². The van der Waals surface area contributed by atoms with E-state index in [0.29, 0.717) is 5.92 Å². The van der Waals surface area contributed by atoms with Crippen molar-refractivity contribution >= 4 is 0 Å². The van der Waals surface area contributed by atoms with Crippen LogP contribution in [-0.4, -0.2) is 0 Å². The first-order valence-corrected chi connectivity index (χ1v) is 6.11. The summed E-state index contributed by atoms with van der Waals surface area (Å²) in [5.41, 5.74) is 4.37. The molecule has 2 aliphatic rings. The van der Waals surface area contributed by atoms with E-state index in [2.05, 4.69) is 55.8 Å². The zero-order chi connectivity index (χ0) is 11.0. The number of aryl methyl sites for hydroxylation is 1. The van der Waals surface area contributed by atoms with E-state index in [0.717, 1.165) is 5.92 Å². The molecule has 1 saturated carbocycles. The normalized spacial score (nSPS) is 22.9. The summed E-state index contributed by atoms with van der Waals surface area (Å²) in [5.74, 6) is 1.41. The summed E-state index contributed by atoms with van der Waals surface area (Å²) < 4.78 is 0. The van der Waals surface area contributed by atoms with Gasteiger partial charge in [0.05, 0.1) is 0 Å². The van der Waals surface area contributed by atoms with Crippen LogP contribution in [0.25, 0.3) is 0 Å². The van der Waals surface area contributed by atoms with Gasteiger partial charge in [0.15, 0.2) is 0 Å². The molecule has 0 bridgehead atoms. The first kappa shape index (κ1) is 19.0. The van der Waals surface area contributed by atoms with Crippen molar-refractivity contribution < 1.29 is 51.0 Å². The maximum absolute atomic E-state index is 2.46. The number of hydrogen-bond donors (Lipinski definition) is 0. The van der Waals surface area contributed by atoms with Gasteiger partial charge in [0.25, 0.3) is 0 Å². The number of rotatable bonds is 1. The number of halogens is 2. The average molecular weight is 371 g/mol. The second-order valence-electron chi connectivity index (χ2n) is 4.95. The van der Waals surface area contributed by atoms with Gasteiger partial charge in [-0.2, -0.15) is 0 Å². The molecule has 3 rings (SSSR count). The van der Waals surface area contributed by atoms with Gasteiger partial charge in [-0.25, -0.2) is 18.1 Å². The third-order valence-corrected chi connectivity index (χ3v) is 3.75. The molecule has 1 aromatic rings. The van der Waals surface area contributed by atoms with Crippen molar-refractivity contribution in [2.24, 2.45) is 5.92 Å². The summed E-state index contributed by atoms with van der Waals surface area (Å²) in [6.07, 6.45) is 11.7. The zero-order valence-electron chi connectivity index (χ0n) is 10.9. The molecule has 0 saturated heterocycles. The van der Waals surface area contributed by atoms with E-state index >= 15 is 0 Å². The van der Waals surface area contributed by atoms with Gasteiger partial charge in [0.1, 0.15) is 0 Å². The van der Waals surface area contributed by atoms with Crippen molar-refractivity contribution in [3.8, 4) is 0 Å². The van der Waals surface area contributed by atoms with Crippen LogP contribution >= 0.6 is 0 Å². The molecule has 1 fully saturated rings. The third-order valence-electron chi connectivity index (χ3n) is 3.75. The van der Waals surface area contributed by atoms with E-state index in [-0.39, 0.29) is 51.0 Å². The minimum absolute atomic E-state index is 0. The summed E-state index contributed by atoms with van der Waals surface area (Å²) in [7, 11) is 0. The maximum Gasteiger partial charge on any atom is 3.00 e. The Balaban J connectivity index is 0.00000108. The van der Waals surface area contributed by atoms with E-state index in [1.165, 1.54) is 24.0 Å². The maximum atomic E-state index is 2.46. The fraction of sp³-hybridized carbons (Fsp3) is 0.312. The number of benzene rings is 1. The molecule has 0 amide bonds. The Bertz CT molecular complexity index is 448. The van der Waals surface area contributed by atoms with E-state index in [1.54, 1.807) is 5.57 Å². The van der Waals surface area contributed by atoms with Gasteiger partial charge in [0.2, 0.25) is 0 Å². The minimum atomic E-state index is 0. The topological polar surface area (TPSA) is 0 Å². The second-order valence-corrected chi connectivity index (χ2v) is 4.95. The Hall–Kier alpha value is 0.0331. The van der Waals surface area contributed by atoms with Crippen molar-refractivity contribution in [2.75, 3.05) is 0 Å². The summed E-state index contributed by atoms with van der Waals surface area (Å²) in [6, 6.07) is 9.00. The zero-order valence-corrected chi connectivity index (χ0v) is 14.9. The van der Waals surface area contributed by atoms with Crippen LogP contribution in [0.3, 0.4) is 0 Å². The Morgan fingerprint density at radius 2 is 1.79 bits per heavy atom. The van der Waals surface area contributed by atoms with Crippen LogP contribution in [0.15, 0.2) is 48.1 Å². The molecule has 0 aromatic heterocycles. The Morgan fingerprint density at radius 1 is 1.11 bits per heavy atom. The van der Waals surface area contributed by atoms with Gasteiger partial charge in [-0.15, -0.1) is 12.2 Å². The van der Waals surface area contributed by atoms with Crippen LogP contribution in [0.2, 0.25) is 0 Å². The molecule has 2 unspecified atom stereocenters. The van der Waals surface area contributed by atoms with Crippen molar-refractivity contribution in [3.63, 3.8) is 0 Å². The smallest absolute Gasteiger partial charge is 1.00 e. The molecule has 99 valence electrons. The second kappa shape index (κ2) is 8.35. The van der Waals surface area contributed by atoms with Crippen molar-refractivity contribution in [2.45, 2.75) is 25.7 Å². The van der Waals surface area contributed by atoms with Gasteiger partial charge < -0.3 is 24.8 Å². The predicted molar refractivity (Wildman–Crippen MR) is 68.2 cm³/mol. The molecule has 2 atom stereocenters. The van der Waals surface area contributed by atoms with Crippen LogP contribution < -0.4 is 24.8 Å². The molecule has 1 aromatic carbocycles. The summed E-state index contributed by atoms with van der Waals surface area (Å²) in [6.45, 7) is 2.15. The van der Waals surface area contributed by atoms with Crippen molar-refractivity contribution in [1.29, 1.82) is 0 Å². The predicted octanol–water partition coefficient (Wildman–Crippen LogP) is -1.81. The number of hydrogen-bond acceptors (Lipinski definition) is 0. The SMILES string of the molecule is Cc1ccc(C2[CH-]C3=CC=CCC3C2)cc1.[Cl-].[Cl-].[Zr+3]. The molecule has 0 N–H and O–H groups in total. The van der Waals surface area contributed by atoms with Crippen molar-refractivity contribution in [1.82, 2.24) is 0 Å². The molecule has 3 heteroatoms. The van der Waals surface area contributed by atoms with Crippen molar-refractivity contribution in [3.05, 3.63) is 65.6 Å². The molecule has 1 radical (unpaired) electrons. The molecule has 0 spiro atoms.